The number of carbonyl (C=O) groups excluding carboxylic acids is 1. The summed E-state index contributed by atoms with van der Waals surface area (Å²) in [6.45, 7) is 3.52. The molecule has 5 nitrogen and oxygen atoms in total. The van der Waals surface area contributed by atoms with Crippen LogP contribution in [-0.4, -0.2) is 48.3 Å². The predicted molar refractivity (Wildman–Crippen MR) is 104 cm³/mol. The number of nitrogens with zero attached hydrogens (tertiary/aromatic N) is 1. The van der Waals surface area contributed by atoms with Gasteiger partial charge in [-0.15, -0.1) is 0 Å². The molecule has 1 amide bonds. The van der Waals surface area contributed by atoms with Crippen molar-refractivity contribution >= 4 is 5.91 Å². The van der Waals surface area contributed by atoms with Gasteiger partial charge in [0.05, 0.1) is 6.54 Å². The maximum atomic E-state index is 11.2. The lowest BCUT2D eigenvalue weighted by Gasteiger charge is -2.23. The first-order valence-corrected chi connectivity index (χ1v) is 9.05. The lowest BCUT2D eigenvalue weighted by Crippen LogP contribution is -2.41. The Kier molecular flexibility index (Phi) is 8.12. The first-order chi connectivity index (χ1) is 12.6. The summed E-state index contributed by atoms with van der Waals surface area (Å²) in [5, 5.41) is 10.2. The fourth-order valence-electron chi connectivity index (χ4n) is 2.75. The van der Waals surface area contributed by atoms with Crippen LogP contribution in [0.15, 0.2) is 54.6 Å². The number of unbranched alkanes of at least 4 members (excludes halogenated alkanes) is 1. The molecule has 0 spiro atoms. The lowest BCUT2D eigenvalue weighted by molar-refractivity contribution is -0.119. The van der Waals surface area contributed by atoms with Crippen molar-refractivity contribution in [2.45, 2.75) is 25.9 Å². The molecule has 2 rings (SSSR count). The van der Waals surface area contributed by atoms with Crippen molar-refractivity contribution in [2.24, 2.45) is 5.73 Å². The molecule has 0 aliphatic carbocycles. The van der Waals surface area contributed by atoms with Crippen molar-refractivity contribution in [2.75, 3.05) is 26.2 Å². The number of rotatable bonds is 11. The minimum Gasteiger partial charge on any atom is -0.491 e. The monoisotopic (exact) mass is 356 g/mol. The smallest absolute Gasteiger partial charge is 0.231 e. The van der Waals surface area contributed by atoms with E-state index < -0.39 is 6.10 Å². The Morgan fingerprint density at radius 2 is 1.77 bits per heavy atom. The molecule has 0 fully saturated rings. The van der Waals surface area contributed by atoms with Crippen molar-refractivity contribution < 1.29 is 14.6 Å². The fourth-order valence-corrected chi connectivity index (χ4v) is 2.75. The first-order valence-electron chi connectivity index (χ1n) is 9.05. The van der Waals surface area contributed by atoms with E-state index in [0.717, 1.165) is 30.5 Å². The summed E-state index contributed by atoms with van der Waals surface area (Å²) in [4.78, 5) is 13.0. The highest BCUT2D eigenvalue weighted by atomic mass is 16.5. The number of aliphatic hydroxyl groups excluding tert-OH is 1. The van der Waals surface area contributed by atoms with Crippen molar-refractivity contribution in [1.82, 2.24) is 4.90 Å². The Hall–Kier alpha value is -2.37. The summed E-state index contributed by atoms with van der Waals surface area (Å²) in [7, 11) is 0. The van der Waals surface area contributed by atoms with Crippen LogP contribution in [0.2, 0.25) is 0 Å². The van der Waals surface area contributed by atoms with E-state index >= 15 is 0 Å². The quantitative estimate of drug-likeness (QED) is 0.649. The molecule has 2 aromatic rings. The highest BCUT2D eigenvalue weighted by Gasteiger charge is 2.14. The van der Waals surface area contributed by atoms with Gasteiger partial charge >= 0.3 is 0 Å². The van der Waals surface area contributed by atoms with E-state index in [1.54, 1.807) is 0 Å². The molecular formula is C21H28N2O3. The number of ether oxygens (including phenoxy) is 1. The van der Waals surface area contributed by atoms with Gasteiger partial charge in [0.1, 0.15) is 18.5 Å². The van der Waals surface area contributed by atoms with Gasteiger partial charge in [-0.3, -0.25) is 9.69 Å². The van der Waals surface area contributed by atoms with E-state index in [-0.39, 0.29) is 19.1 Å². The topological polar surface area (TPSA) is 75.8 Å². The molecule has 0 aliphatic heterocycles. The molecule has 1 atom stereocenters. The van der Waals surface area contributed by atoms with Crippen molar-refractivity contribution in [1.29, 1.82) is 0 Å². The highest BCUT2D eigenvalue weighted by molar-refractivity contribution is 5.75. The molecule has 0 heterocycles. The van der Waals surface area contributed by atoms with Gasteiger partial charge in [-0.25, -0.2) is 0 Å². The zero-order valence-electron chi connectivity index (χ0n) is 15.3. The first kappa shape index (κ1) is 19.9. The maximum absolute atomic E-state index is 11.2. The molecule has 140 valence electrons. The summed E-state index contributed by atoms with van der Waals surface area (Å²) in [6, 6.07) is 17.9. The Morgan fingerprint density at radius 3 is 2.38 bits per heavy atom. The van der Waals surface area contributed by atoms with Gasteiger partial charge in [-0.2, -0.15) is 0 Å². The summed E-state index contributed by atoms with van der Waals surface area (Å²) in [5.74, 6) is 0.324. The number of carbonyl (C=O) groups is 1. The van der Waals surface area contributed by atoms with Crippen LogP contribution < -0.4 is 10.5 Å². The third-order valence-corrected chi connectivity index (χ3v) is 4.08. The molecule has 0 radical (unpaired) electrons. The summed E-state index contributed by atoms with van der Waals surface area (Å²) < 4.78 is 5.68. The second kappa shape index (κ2) is 10.6. The molecule has 0 saturated heterocycles. The summed E-state index contributed by atoms with van der Waals surface area (Å²) >= 11 is 0. The van der Waals surface area contributed by atoms with Crippen LogP contribution >= 0.6 is 0 Å². The standard InChI is InChI=1S/C21H28N2O3/c1-2-3-13-23(15-21(22)25)14-19(24)16-26-20-11-9-18(10-12-20)17-7-5-4-6-8-17/h4-12,19,24H,2-3,13-16H2,1H3,(H2,22,25). The van der Waals surface area contributed by atoms with Crippen LogP contribution in [0.25, 0.3) is 11.1 Å². The van der Waals surface area contributed by atoms with Gasteiger partial charge in [-0.1, -0.05) is 55.8 Å². The van der Waals surface area contributed by atoms with Crippen molar-refractivity contribution in [3.05, 3.63) is 54.6 Å². The van der Waals surface area contributed by atoms with E-state index in [0.29, 0.717) is 12.3 Å². The molecule has 5 heteroatoms. The zero-order chi connectivity index (χ0) is 18.8. The molecule has 0 saturated carbocycles. The van der Waals surface area contributed by atoms with Crippen molar-refractivity contribution in [3.8, 4) is 16.9 Å². The van der Waals surface area contributed by atoms with Crippen LogP contribution in [-0.2, 0) is 4.79 Å². The molecule has 3 N–H and O–H groups in total. The number of hydrogen-bond acceptors (Lipinski definition) is 4. The molecule has 1 unspecified atom stereocenters. The number of benzene rings is 2. The van der Waals surface area contributed by atoms with Crippen LogP contribution in [0.3, 0.4) is 0 Å². The number of amides is 1. The van der Waals surface area contributed by atoms with Gasteiger partial charge < -0.3 is 15.6 Å². The van der Waals surface area contributed by atoms with Gasteiger partial charge in [0.15, 0.2) is 0 Å². The third kappa shape index (κ3) is 6.86. The lowest BCUT2D eigenvalue weighted by atomic mass is 10.1. The zero-order valence-corrected chi connectivity index (χ0v) is 15.3. The number of aliphatic hydroxyl groups is 1. The average molecular weight is 356 g/mol. The molecule has 0 aliphatic rings. The minimum atomic E-state index is -0.681. The summed E-state index contributed by atoms with van der Waals surface area (Å²) in [5.41, 5.74) is 7.54. The summed E-state index contributed by atoms with van der Waals surface area (Å²) in [6.07, 6.45) is 1.30. The van der Waals surface area contributed by atoms with Gasteiger partial charge in [0, 0.05) is 6.54 Å². The van der Waals surface area contributed by atoms with E-state index in [1.807, 2.05) is 47.4 Å². The SMILES string of the molecule is CCCCN(CC(N)=O)CC(O)COc1ccc(-c2ccccc2)cc1. The Balaban J connectivity index is 1.84. The Labute approximate surface area is 155 Å². The third-order valence-electron chi connectivity index (χ3n) is 4.08. The molecule has 0 aromatic heterocycles. The second-order valence-corrected chi connectivity index (χ2v) is 6.41. The van der Waals surface area contributed by atoms with E-state index in [1.165, 1.54) is 0 Å². The number of hydrogen-bond donors (Lipinski definition) is 2. The molecule has 2 aromatic carbocycles. The molecular weight excluding hydrogens is 328 g/mol. The Bertz CT molecular complexity index is 659. The highest BCUT2D eigenvalue weighted by Crippen LogP contribution is 2.22. The number of nitrogens with two attached hydrogens (primary N) is 1. The normalized spacial score (nSPS) is 12.1. The largest absolute Gasteiger partial charge is 0.491 e. The van der Waals surface area contributed by atoms with Crippen molar-refractivity contribution in [3.63, 3.8) is 0 Å². The number of primary amides is 1. The van der Waals surface area contributed by atoms with Gasteiger partial charge in [0.2, 0.25) is 5.91 Å². The molecule has 0 bridgehead atoms. The van der Waals surface area contributed by atoms with Crippen LogP contribution in [0, 0.1) is 0 Å². The van der Waals surface area contributed by atoms with Crippen LogP contribution in [0.1, 0.15) is 19.8 Å². The van der Waals surface area contributed by atoms with Gasteiger partial charge in [-0.05, 0) is 36.2 Å². The minimum absolute atomic E-state index is 0.156. The molecule has 26 heavy (non-hydrogen) atoms. The van der Waals surface area contributed by atoms with Gasteiger partial charge in [0.25, 0.3) is 0 Å². The van der Waals surface area contributed by atoms with Crippen LogP contribution in [0.5, 0.6) is 5.75 Å². The second-order valence-electron chi connectivity index (χ2n) is 6.41. The van der Waals surface area contributed by atoms with E-state index in [2.05, 4.69) is 19.1 Å². The van der Waals surface area contributed by atoms with E-state index in [9.17, 15) is 9.90 Å². The van der Waals surface area contributed by atoms with Crippen LogP contribution in [0.4, 0.5) is 0 Å². The maximum Gasteiger partial charge on any atom is 0.231 e. The fraction of sp³-hybridized carbons (Fsp3) is 0.381. The van der Waals surface area contributed by atoms with E-state index in [4.69, 9.17) is 10.5 Å². The average Bonchev–Trinajstić information content (AvgIpc) is 2.65. The predicted octanol–water partition coefficient (Wildman–Crippen LogP) is 2.68. The Morgan fingerprint density at radius 1 is 1.12 bits per heavy atom.